The highest BCUT2D eigenvalue weighted by Crippen LogP contribution is 2.36. The Bertz CT molecular complexity index is 1460. The molecule has 1 saturated carbocycles. The number of hydrogen-bond donors (Lipinski definition) is 3. The number of fused-ring (bicyclic) bond motifs is 1. The lowest BCUT2D eigenvalue weighted by Gasteiger charge is -2.17. The van der Waals surface area contributed by atoms with E-state index in [2.05, 4.69) is 40.6 Å². The maximum atomic E-state index is 12.5. The minimum atomic E-state index is -0.263. The van der Waals surface area contributed by atoms with Crippen LogP contribution in [-0.2, 0) is 0 Å². The fraction of sp³-hybridized carbons (Fsp3) is 0.217. The van der Waals surface area contributed by atoms with Crippen molar-refractivity contribution in [1.29, 1.82) is 0 Å². The van der Waals surface area contributed by atoms with E-state index >= 15 is 0 Å². The third-order valence-corrected chi connectivity index (χ3v) is 5.95. The van der Waals surface area contributed by atoms with Crippen molar-refractivity contribution in [3.63, 3.8) is 0 Å². The van der Waals surface area contributed by atoms with E-state index in [1.165, 1.54) is 6.33 Å². The molecule has 10 heteroatoms. The molecule has 0 aliphatic heterocycles. The molecule has 3 aromatic heterocycles. The van der Waals surface area contributed by atoms with Gasteiger partial charge in [-0.3, -0.25) is 4.79 Å². The van der Waals surface area contributed by atoms with Crippen molar-refractivity contribution in [2.45, 2.75) is 31.8 Å². The molecule has 0 spiro atoms. The van der Waals surface area contributed by atoms with Gasteiger partial charge in [0.05, 0.1) is 18.0 Å². The molecule has 0 bridgehead atoms. The van der Waals surface area contributed by atoms with E-state index in [0.717, 1.165) is 47.9 Å². The Kier molecular flexibility index (Phi) is 4.68. The molecule has 1 fully saturated rings. The number of aromatic amines is 3. The van der Waals surface area contributed by atoms with Crippen molar-refractivity contribution >= 4 is 11.2 Å². The molecule has 6 rings (SSSR count). The second kappa shape index (κ2) is 7.97. The summed E-state index contributed by atoms with van der Waals surface area (Å²) in [5.41, 5.74) is 4.10. The standard InChI is InChI=1S/C23H20N8O2/c32-23-19-22(25-12-24-19)26-21(27-23)17-10-9-15(11-18(17)33-16-3-1-2-4-16)13-5-7-14(8-6-13)20-28-30-31-29-20/h5-12,16H,1-4H2,(H,28,29,30,31)(H2,24,25,26,27,32). The predicted octanol–water partition coefficient (Wildman–Crippen LogP) is 3.48. The van der Waals surface area contributed by atoms with Gasteiger partial charge in [0.2, 0.25) is 5.82 Å². The Balaban J connectivity index is 1.41. The molecule has 0 radical (unpaired) electrons. The average Bonchev–Trinajstić information content (AvgIpc) is 3.62. The summed E-state index contributed by atoms with van der Waals surface area (Å²) in [4.78, 5) is 26.9. The molecule has 10 nitrogen and oxygen atoms in total. The number of nitrogens with one attached hydrogen (secondary N) is 3. The van der Waals surface area contributed by atoms with Crippen LogP contribution in [0.15, 0.2) is 53.6 Å². The SMILES string of the molecule is O=c1[nH]c(-c2ccc(-c3ccc(-c4nn[nH]n4)cc3)cc2OC2CCCC2)nc2nc[nH]c12. The molecule has 1 aliphatic rings. The fourth-order valence-corrected chi connectivity index (χ4v) is 4.25. The number of H-pyrrole nitrogens is 3. The van der Waals surface area contributed by atoms with Crippen molar-refractivity contribution in [2.75, 3.05) is 0 Å². The Morgan fingerprint density at radius 2 is 1.76 bits per heavy atom. The zero-order valence-corrected chi connectivity index (χ0v) is 17.6. The molecule has 1 aliphatic carbocycles. The van der Waals surface area contributed by atoms with E-state index in [4.69, 9.17) is 4.74 Å². The van der Waals surface area contributed by atoms with E-state index in [0.29, 0.717) is 28.6 Å². The highest BCUT2D eigenvalue weighted by molar-refractivity contribution is 5.77. The van der Waals surface area contributed by atoms with Crippen LogP contribution in [0.5, 0.6) is 5.75 Å². The maximum Gasteiger partial charge on any atom is 0.277 e. The van der Waals surface area contributed by atoms with Crippen LogP contribution in [0.4, 0.5) is 0 Å². The summed E-state index contributed by atoms with van der Waals surface area (Å²) >= 11 is 0. The minimum Gasteiger partial charge on any atom is -0.490 e. The molecular weight excluding hydrogens is 420 g/mol. The third-order valence-electron chi connectivity index (χ3n) is 5.95. The van der Waals surface area contributed by atoms with Crippen molar-refractivity contribution in [1.82, 2.24) is 40.6 Å². The first kappa shape index (κ1) is 19.4. The Morgan fingerprint density at radius 1 is 0.970 bits per heavy atom. The van der Waals surface area contributed by atoms with E-state index in [1.54, 1.807) is 0 Å². The van der Waals surface area contributed by atoms with Crippen LogP contribution in [0.1, 0.15) is 25.7 Å². The molecule has 33 heavy (non-hydrogen) atoms. The summed E-state index contributed by atoms with van der Waals surface area (Å²) in [6.07, 6.45) is 5.97. The van der Waals surface area contributed by atoms with Gasteiger partial charge in [-0.05, 0) is 54.2 Å². The Labute approximate surface area is 187 Å². The average molecular weight is 440 g/mol. The van der Waals surface area contributed by atoms with E-state index in [1.807, 2.05) is 42.5 Å². The van der Waals surface area contributed by atoms with E-state index < -0.39 is 0 Å². The van der Waals surface area contributed by atoms with E-state index in [9.17, 15) is 4.79 Å². The van der Waals surface area contributed by atoms with Crippen LogP contribution < -0.4 is 10.3 Å². The number of aromatic nitrogens is 8. The van der Waals surface area contributed by atoms with Crippen molar-refractivity contribution in [3.8, 4) is 39.7 Å². The first-order valence-corrected chi connectivity index (χ1v) is 10.8. The third kappa shape index (κ3) is 3.65. The Morgan fingerprint density at radius 3 is 2.55 bits per heavy atom. The summed E-state index contributed by atoms with van der Waals surface area (Å²) < 4.78 is 6.42. The number of imidazole rings is 1. The second-order valence-electron chi connectivity index (χ2n) is 8.06. The number of nitrogens with zero attached hydrogens (tertiary/aromatic N) is 5. The molecule has 0 amide bonds. The molecule has 3 N–H and O–H groups in total. The van der Waals surface area contributed by atoms with Crippen LogP contribution >= 0.6 is 0 Å². The quantitative estimate of drug-likeness (QED) is 0.380. The smallest absolute Gasteiger partial charge is 0.277 e. The van der Waals surface area contributed by atoms with Gasteiger partial charge < -0.3 is 14.7 Å². The zero-order chi connectivity index (χ0) is 22.2. The van der Waals surface area contributed by atoms with Crippen molar-refractivity contribution in [3.05, 3.63) is 59.1 Å². The minimum absolute atomic E-state index is 0.153. The monoisotopic (exact) mass is 440 g/mol. The van der Waals surface area contributed by atoms with Crippen LogP contribution in [-0.4, -0.2) is 46.7 Å². The summed E-state index contributed by atoms with van der Waals surface area (Å²) in [7, 11) is 0. The van der Waals surface area contributed by atoms with Gasteiger partial charge in [0.15, 0.2) is 11.2 Å². The largest absolute Gasteiger partial charge is 0.490 e. The first-order valence-electron chi connectivity index (χ1n) is 10.8. The fourth-order valence-electron chi connectivity index (χ4n) is 4.25. The van der Waals surface area contributed by atoms with Gasteiger partial charge in [-0.1, -0.05) is 30.3 Å². The summed E-state index contributed by atoms with van der Waals surface area (Å²) in [6.45, 7) is 0. The predicted molar refractivity (Wildman–Crippen MR) is 121 cm³/mol. The molecule has 164 valence electrons. The van der Waals surface area contributed by atoms with Gasteiger partial charge in [-0.25, -0.2) is 9.97 Å². The number of benzene rings is 2. The summed E-state index contributed by atoms with van der Waals surface area (Å²) in [5.74, 6) is 1.68. The van der Waals surface area contributed by atoms with Crippen LogP contribution in [0, 0.1) is 0 Å². The molecule has 5 aromatic rings. The van der Waals surface area contributed by atoms with Crippen LogP contribution in [0.25, 0.3) is 45.1 Å². The van der Waals surface area contributed by atoms with Crippen LogP contribution in [0.2, 0.25) is 0 Å². The highest BCUT2D eigenvalue weighted by Gasteiger charge is 2.20. The number of tetrazole rings is 1. The van der Waals surface area contributed by atoms with Crippen LogP contribution in [0.3, 0.4) is 0 Å². The molecule has 0 atom stereocenters. The van der Waals surface area contributed by atoms with Gasteiger partial charge in [-0.15, -0.1) is 10.2 Å². The highest BCUT2D eigenvalue weighted by atomic mass is 16.5. The zero-order valence-electron chi connectivity index (χ0n) is 17.6. The lowest BCUT2D eigenvalue weighted by Crippen LogP contribution is -2.13. The van der Waals surface area contributed by atoms with Gasteiger partial charge in [-0.2, -0.15) is 5.21 Å². The summed E-state index contributed by atoms with van der Waals surface area (Å²) in [6, 6.07) is 13.9. The molecule has 0 saturated heterocycles. The molecule has 0 unspecified atom stereocenters. The molecule has 2 aromatic carbocycles. The van der Waals surface area contributed by atoms with Gasteiger partial charge in [0.25, 0.3) is 5.56 Å². The van der Waals surface area contributed by atoms with Gasteiger partial charge in [0, 0.05) is 5.56 Å². The van der Waals surface area contributed by atoms with Crippen molar-refractivity contribution < 1.29 is 4.74 Å². The van der Waals surface area contributed by atoms with E-state index in [-0.39, 0.29) is 11.7 Å². The molecular formula is C23H20N8O2. The second-order valence-corrected chi connectivity index (χ2v) is 8.06. The van der Waals surface area contributed by atoms with Gasteiger partial charge >= 0.3 is 0 Å². The normalized spacial score (nSPS) is 14.2. The van der Waals surface area contributed by atoms with Gasteiger partial charge in [0.1, 0.15) is 11.6 Å². The lowest BCUT2D eigenvalue weighted by molar-refractivity contribution is 0.211. The molecule has 3 heterocycles. The van der Waals surface area contributed by atoms with Crippen molar-refractivity contribution in [2.24, 2.45) is 0 Å². The lowest BCUT2D eigenvalue weighted by atomic mass is 10.0. The summed E-state index contributed by atoms with van der Waals surface area (Å²) in [5, 5.41) is 14.1. The number of rotatable bonds is 5. The number of ether oxygens (including phenoxy) is 1. The Hall–Kier alpha value is -4.34. The number of hydrogen-bond acceptors (Lipinski definition) is 7. The first-order chi connectivity index (χ1) is 16.2. The maximum absolute atomic E-state index is 12.5. The topological polar surface area (TPSA) is 138 Å².